The van der Waals surface area contributed by atoms with Gasteiger partial charge in [0.15, 0.2) is 12.4 Å². The third-order valence-corrected chi connectivity index (χ3v) is 6.12. The Morgan fingerprint density at radius 2 is 1.92 bits per heavy atom. The van der Waals surface area contributed by atoms with Gasteiger partial charge in [0.05, 0.1) is 21.1 Å². The van der Waals surface area contributed by atoms with Crippen LogP contribution in [0.5, 0.6) is 17.2 Å². The summed E-state index contributed by atoms with van der Waals surface area (Å²) in [6.45, 7) is 1.86. The largest absolute Gasteiger partial charge is 0.470 e. The SMILES string of the molecule is Cc1cc(Oc2cc(NC(=O)c3ccn(COc4ccc(Cl)cc4Br)n3)cc([N+](=O)[O-])c2)ccc1Cl. The number of benzene rings is 3. The molecule has 184 valence electrons. The third-order valence-electron chi connectivity index (χ3n) is 4.84. The summed E-state index contributed by atoms with van der Waals surface area (Å²) in [6, 6.07) is 15.6. The molecule has 0 spiro atoms. The van der Waals surface area contributed by atoms with Crippen LogP contribution in [0.1, 0.15) is 16.1 Å². The second kappa shape index (κ2) is 11.0. The van der Waals surface area contributed by atoms with Crippen LogP contribution in [0.15, 0.2) is 71.3 Å². The Morgan fingerprint density at radius 3 is 2.64 bits per heavy atom. The molecule has 1 amide bonds. The number of nitro groups is 1. The number of hydrogen-bond acceptors (Lipinski definition) is 6. The summed E-state index contributed by atoms with van der Waals surface area (Å²) in [6.07, 6.45) is 1.57. The zero-order valence-electron chi connectivity index (χ0n) is 18.6. The molecule has 0 bridgehead atoms. The topological polar surface area (TPSA) is 109 Å². The smallest absolute Gasteiger partial charge is 0.276 e. The van der Waals surface area contributed by atoms with Crippen molar-refractivity contribution in [1.29, 1.82) is 0 Å². The number of hydrogen-bond donors (Lipinski definition) is 1. The van der Waals surface area contributed by atoms with Crippen molar-refractivity contribution in [3.63, 3.8) is 0 Å². The van der Waals surface area contributed by atoms with Gasteiger partial charge in [0.2, 0.25) is 0 Å². The van der Waals surface area contributed by atoms with Gasteiger partial charge in [0.1, 0.15) is 17.2 Å². The summed E-state index contributed by atoms with van der Waals surface area (Å²) >= 11 is 15.3. The number of nitrogens with one attached hydrogen (secondary N) is 1. The maximum absolute atomic E-state index is 12.8. The van der Waals surface area contributed by atoms with Crippen molar-refractivity contribution in [3.8, 4) is 17.2 Å². The number of carbonyl (C=O) groups is 1. The molecule has 9 nitrogen and oxygen atoms in total. The molecular formula is C24H17BrCl2N4O5. The second-order valence-electron chi connectivity index (χ2n) is 7.53. The predicted octanol–water partition coefficient (Wildman–Crippen LogP) is 7.25. The lowest BCUT2D eigenvalue weighted by Crippen LogP contribution is -2.14. The van der Waals surface area contributed by atoms with Gasteiger partial charge >= 0.3 is 0 Å². The van der Waals surface area contributed by atoms with E-state index in [2.05, 4.69) is 26.3 Å². The van der Waals surface area contributed by atoms with E-state index >= 15 is 0 Å². The van der Waals surface area contributed by atoms with Gasteiger partial charge < -0.3 is 14.8 Å². The van der Waals surface area contributed by atoms with Gasteiger partial charge in [-0.3, -0.25) is 14.9 Å². The molecule has 36 heavy (non-hydrogen) atoms. The van der Waals surface area contributed by atoms with Gasteiger partial charge in [0, 0.05) is 28.4 Å². The summed E-state index contributed by atoms with van der Waals surface area (Å²) in [4.78, 5) is 23.6. The zero-order chi connectivity index (χ0) is 25.8. The first-order valence-electron chi connectivity index (χ1n) is 10.3. The summed E-state index contributed by atoms with van der Waals surface area (Å²) in [5, 5.41) is 19.4. The Labute approximate surface area is 223 Å². The molecule has 0 radical (unpaired) electrons. The minimum Gasteiger partial charge on any atom is -0.470 e. The summed E-state index contributed by atoms with van der Waals surface area (Å²) in [5.41, 5.74) is 0.805. The molecule has 0 saturated heterocycles. The van der Waals surface area contributed by atoms with Gasteiger partial charge in [-0.1, -0.05) is 23.2 Å². The molecule has 0 aliphatic heterocycles. The molecule has 0 atom stereocenters. The number of nitrogens with zero attached hydrogens (tertiary/aromatic N) is 3. The first-order valence-corrected chi connectivity index (χ1v) is 11.9. The number of aromatic nitrogens is 2. The molecule has 1 heterocycles. The highest BCUT2D eigenvalue weighted by Crippen LogP contribution is 2.32. The highest BCUT2D eigenvalue weighted by molar-refractivity contribution is 9.10. The second-order valence-corrected chi connectivity index (χ2v) is 9.23. The van der Waals surface area contributed by atoms with Crippen LogP contribution in [0.4, 0.5) is 11.4 Å². The van der Waals surface area contributed by atoms with Crippen molar-refractivity contribution in [1.82, 2.24) is 9.78 Å². The molecule has 4 rings (SSSR count). The van der Waals surface area contributed by atoms with E-state index in [1.807, 2.05) is 6.92 Å². The number of aryl methyl sites for hydroxylation is 1. The fourth-order valence-electron chi connectivity index (χ4n) is 3.11. The Bertz CT molecular complexity index is 1460. The molecule has 1 N–H and O–H groups in total. The maximum Gasteiger partial charge on any atom is 0.276 e. The number of ether oxygens (including phenoxy) is 2. The van der Waals surface area contributed by atoms with E-state index in [4.69, 9.17) is 32.7 Å². The lowest BCUT2D eigenvalue weighted by Gasteiger charge is -2.10. The van der Waals surface area contributed by atoms with Crippen LogP contribution in [0.2, 0.25) is 10.0 Å². The van der Waals surface area contributed by atoms with Gasteiger partial charge in [0.25, 0.3) is 11.6 Å². The van der Waals surface area contributed by atoms with Gasteiger partial charge in [-0.25, -0.2) is 4.68 Å². The Kier molecular flexibility index (Phi) is 7.78. The number of non-ortho nitro benzene ring substituents is 1. The molecule has 0 unspecified atom stereocenters. The molecule has 3 aromatic carbocycles. The first kappa shape index (κ1) is 25.5. The van der Waals surface area contributed by atoms with Gasteiger partial charge in [-0.15, -0.1) is 0 Å². The molecular weight excluding hydrogens is 575 g/mol. The minimum atomic E-state index is -0.573. The molecule has 0 saturated carbocycles. The highest BCUT2D eigenvalue weighted by Gasteiger charge is 2.16. The van der Waals surface area contributed by atoms with Crippen LogP contribution in [0, 0.1) is 17.0 Å². The van der Waals surface area contributed by atoms with E-state index in [0.29, 0.717) is 26.0 Å². The van der Waals surface area contributed by atoms with Crippen LogP contribution in [-0.2, 0) is 6.73 Å². The van der Waals surface area contributed by atoms with Crippen molar-refractivity contribution in [2.75, 3.05) is 5.32 Å². The van der Waals surface area contributed by atoms with Crippen LogP contribution >= 0.6 is 39.1 Å². The maximum atomic E-state index is 12.8. The highest BCUT2D eigenvalue weighted by atomic mass is 79.9. The number of rotatable bonds is 8. The van der Waals surface area contributed by atoms with E-state index in [1.54, 1.807) is 42.6 Å². The first-order chi connectivity index (χ1) is 17.2. The Morgan fingerprint density at radius 1 is 1.11 bits per heavy atom. The van der Waals surface area contributed by atoms with Crippen molar-refractivity contribution in [3.05, 3.63) is 103 Å². The Balaban J connectivity index is 1.47. The standard InChI is InChI=1S/C24H17BrCl2N4O5/c1-14-8-18(3-4-21(14)27)36-19-11-16(10-17(12-19)31(33)34)28-24(32)22-6-7-30(29-22)13-35-23-5-2-15(26)9-20(23)25/h2-12H,13H2,1H3,(H,28,32). The summed E-state index contributed by atoms with van der Waals surface area (Å²) in [7, 11) is 0. The van der Waals surface area contributed by atoms with Crippen LogP contribution < -0.4 is 14.8 Å². The van der Waals surface area contributed by atoms with Crippen LogP contribution in [-0.4, -0.2) is 20.6 Å². The van der Waals surface area contributed by atoms with Crippen LogP contribution in [0.3, 0.4) is 0 Å². The average Bonchev–Trinajstić information content (AvgIpc) is 3.30. The van der Waals surface area contributed by atoms with Crippen molar-refractivity contribution >= 4 is 56.4 Å². The van der Waals surface area contributed by atoms with Crippen molar-refractivity contribution < 1.29 is 19.2 Å². The Hall–Kier alpha value is -3.60. The van der Waals surface area contributed by atoms with E-state index < -0.39 is 10.8 Å². The number of halogens is 3. The fraction of sp³-hybridized carbons (Fsp3) is 0.0833. The van der Waals surface area contributed by atoms with Crippen molar-refractivity contribution in [2.24, 2.45) is 0 Å². The molecule has 0 aliphatic carbocycles. The molecule has 1 aromatic heterocycles. The number of carbonyl (C=O) groups excluding carboxylic acids is 1. The molecule has 12 heteroatoms. The fourth-order valence-corrected chi connectivity index (χ4v) is 4.03. The van der Waals surface area contributed by atoms with Crippen LogP contribution in [0.25, 0.3) is 0 Å². The molecule has 4 aromatic rings. The van der Waals surface area contributed by atoms with E-state index in [0.717, 1.165) is 5.56 Å². The van der Waals surface area contributed by atoms with E-state index in [9.17, 15) is 14.9 Å². The monoisotopic (exact) mass is 590 g/mol. The van der Waals surface area contributed by atoms with Gasteiger partial charge in [-0.2, -0.15) is 5.10 Å². The molecule has 0 aliphatic rings. The predicted molar refractivity (Wildman–Crippen MR) is 139 cm³/mol. The third kappa shape index (κ3) is 6.34. The lowest BCUT2D eigenvalue weighted by atomic mass is 10.2. The molecule has 0 fully saturated rings. The van der Waals surface area contributed by atoms with Gasteiger partial charge in [-0.05, 0) is 70.9 Å². The normalized spacial score (nSPS) is 10.7. The summed E-state index contributed by atoms with van der Waals surface area (Å²) in [5.74, 6) is 0.616. The van der Waals surface area contributed by atoms with E-state index in [1.165, 1.54) is 28.9 Å². The average molecular weight is 592 g/mol. The quantitative estimate of drug-likeness (QED) is 0.171. The van der Waals surface area contributed by atoms with Crippen molar-refractivity contribution in [2.45, 2.75) is 13.7 Å². The summed E-state index contributed by atoms with van der Waals surface area (Å²) < 4.78 is 13.6. The number of nitro benzene ring substituents is 1. The minimum absolute atomic E-state index is 0.0445. The number of amides is 1. The van der Waals surface area contributed by atoms with E-state index in [-0.39, 0.29) is 29.5 Å². The lowest BCUT2D eigenvalue weighted by molar-refractivity contribution is -0.384. The zero-order valence-corrected chi connectivity index (χ0v) is 21.7. The number of anilines is 1.